The molecular weight excluding hydrogens is 238 g/mol. The molecule has 0 saturated carbocycles. The van der Waals surface area contributed by atoms with E-state index in [1.165, 1.54) is 0 Å². The maximum atomic E-state index is 11.3. The van der Waals surface area contributed by atoms with Crippen LogP contribution in [0.4, 0.5) is 0 Å². The first kappa shape index (κ1) is 12.0. The molecule has 0 unspecified atom stereocenters. The molecule has 0 bridgehead atoms. The zero-order valence-corrected chi connectivity index (χ0v) is 10.6. The third kappa shape index (κ3) is 1.71. The summed E-state index contributed by atoms with van der Waals surface area (Å²) < 4.78 is 1.86. The molecule has 1 heterocycles. The first-order valence-electron chi connectivity index (χ1n) is 5.64. The maximum Gasteiger partial charge on any atom is 0.339 e. The zero-order valence-electron chi connectivity index (χ0n) is 9.83. The Balaban J connectivity index is 2.95. The third-order valence-corrected chi connectivity index (χ3v) is 3.41. The molecule has 0 spiro atoms. The first-order chi connectivity index (χ1) is 8.11. The normalized spacial score (nSPS) is 11.0. The van der Waals surface area contributed by atoms with Crippen molar-refractivity contribution < 1.29 is 9.90 Å². The van der Waals surface area contributed by atoms with Crippen molar-refractivity contribution in [1.82, 2.24) is 4.57 Å². The number of carboxylic acids is 1. The molecule has 1 N–H and O–H groups in total. The molecule has 90 valence electrons. The smallest absolute Gasteiger partial charge is 0.339 e. The summed E-state index contributed by atoms with van der Waals surface area (Å²) in [6, 6.07) is 5.70. The van der Waals surface area contributed by atoms with Crippen LogP contribution < -0.4 is 0 Å². The monoisotopic (exact) mass is 251 g/mol. The highest BCUT2D eigenvalue weighted by Gasteiger charge is 2.21. The van der Waals surface area contributed by atoms with Crippen LogP contribution in [-0.4, -0.2) is 15.6 Å². The van der Waals surface area contributed by atoms with Crippen LogP contribution in [0.2, 0.25) is 5.15 Å². The second-order valence-corrected chi connectivity index (χ2v) is 4.24. The minimum Gasteiger partial charge on any atom is -0.478 e. The van der Waals surface area contributed by atoms with Crippen LogP contribution in [-0.2, 0) is 13.0 Å². The molecule has 4 heteroatoms. The number of para-hydroxylation sites is 1. The van der Waals surface area contributed by atoms with Crippen molar-refractivity contribution in [2.75, 3.05) is 0 Å². The van der Waals surface area contributed by atoms with Crippen LogP contribution in [0.5, 0.6) is 0 Å². The van der Waals surface area contributed by atoms with Gasteiger partial charge in [0.1, 0.15) is 10.7 Å². The van der Waals surface area contributed by atoms with Gasteiger partial charge in [0.05, 0.1) is 5.52 Å². The number of hydrogen-bond donors (Lipinski definition) is 1. The minimum atomic E-state index is -0.972. The van der Waals surface area contributed by atoms with Gasteiger partial charge in [-0.15, -0.1) is 0 Å². The summed E-state index contributed by atoms with van der Waals surface area (Å²) in [5.41, 5.74) is 2.28. The number of carboxylic acid groups (broad SMARTS) is 1. The van der Waals surface area contributed by atoms with Crippen molar-refractivity contribution in [3.05, 3.63) is 34.5 Å². The van der Waals surface area contributed by atoms with Crippen molar-refractivity contribution in [2.24, 2.45) is 0 Å². The molecule has 0 fully saturated rings. The van der Waals surface area contributed by atoms with E-state index in [0.29, 0.717) is 11.7 Å². The SMILES string of the molecule is CCc1cccc2c(C(=O)O)c(Cl)n(CC)c12. The van der Waals surface area contributed by atoms with Gasteiger partial charge in [0, 0.05) is 11.9 Å². The molecule has 0 amide bonds. The summed E-state index contributed by atoms with van der Waals surface area (Å²) in [6.45, 7) is 4.68. The number of aryl methyl sites for hydroxylation is 2. The quantitative estimate of drug-likeness (QED) is 0.906. The molecular formula is C13H14ClNO2. The Hall–Kier alpha value is -1.48. The Morgan fingerprint density at radius 3 is 2.65 bits per heavy atom. The highest BCUT2D eigenvalue weighted by Crippen LogP contribution is 2.32. The van der Waals surface area contributed by atoms with E-state index in [-0.39, 0.29) is 5.56 Å². The predicted molar refractivity (Wildman–Crippen MR) is 69.0 cm³/mol. The largest absolute Gasteiger partial charge is 0.478 e. The van der Waals surface area contributed by atoms with E-state index >= 15 is 0 Å². The number of aromatic carboxylic acids is 1. The number of aromatic nitrogens is 1. The van der Waals surface area contributed by atoms with E-state index in [9.17, 15) is 9.90 Å². The van der Waals surface area contributed by atoms with Crippen LogP contribution in [0.25, 0.3) is 10.9 Å². The molecule has 0 aliphatic carbocycles. The van der Waals surface area contributed by atoms with Crippen LogP contribution in [0.3, 0.4) is 0 Å². The lowest BCUT2D eigenvalue weighted by atomic mass is 10.1. The summed E-state index contributed by atoms with van der Waals surface area (Å²) in [5.74, 6) is -0.972. The van der Waals surface area contributed by atoms with E-state index in [4.69, 9.17) is 11.6 Å². The first-order valence-corrected chi connectivity index (χ1v) is 6.02. The van der Waals surface area contributed by atoms with Gasteiger partial charge in [0.2, 0.25) is 0 Å². The average molecular weight is 252 g/mol. The van der Waals surface area contributed by atoms with Gasteiger partial charge < -0.3 is 9.67 Å². The molecule has 0 aliphatic rings. The molecule has 0 aliphatic heterocycles. The summed E-state index contributed by atoms with van der Waals surface area (Å²) in [4.78, 5) is 11.3. The van der Waals surface area contributed by atoms with E-state index in [2.05, 4.69) is 6.92 Å². The standard InChI is InChI=1S/C13H14ClNO2/c1-3-8-6-5-7-9-10(13(16)17)12(14)15(4-2)11(8)9/h5-7H,3-4H2,1-2H3,(H,16,17). The van der Waals surface area contributed by atoms with E-state index in [1.807, 2.05) is 29.7 Å². The zero-order chi connectivity index (χ0) is 12.6. The second kappa shape index (κ2) is 4.41. The number of hydrogen-bond acceptors (Lipinski definition) is 1. The van der Waals surface area contributed by atoms with E-state index in [0.717, 1.165) is 22.9 Å². The van der Waals surface area contributed by atoms with Crippen molar-refractivity contribution in [3.8, 4) is 0 Å². The summed E-state index contributed by atoms with van der Waals surface area (Å²) in [6.07, 6.45) is 0.858. The van der Waals surface area contributed by atoms with Gasteiger partial charge in [-0.25, -0.2) is 4.79 Å². The van der Waals surface area contributed by atoms with E-state index < -0.39 is 5.97 Å². The van der Waals surface area contributed by atoms with Crippen molar-refractivity contribution in [3.63, 3.8) is 0 Å². The van der Waals surface area contributed by atoms with Gasteiger partial charge in [-0.1, -0.05) is 36.7 Å². The lowest BCUT2D eigenvalue weighted by molar-refractivity contribution is 0.0699. The fraction of sp³-hybridized carbons (Fsp3) is 0.308. The summed E-state index contributed by atoms with van der Waals surface area (Å²) in [7, 11) is 0. The Labute approximate surface area is 105 Å². The van der Waals surface area contributed by atoms with Crippen molar-refractivity contribution >= 4 is 28.5 Å². The highest BCUT2D eigenvalue weighted by atomic mass is 35.5. The molecule has 2 aromatic rings. The Morgan fingerprint density at radius 2 is 2.12 bits per heavy atom. The lowest BCUT2D eigenvalue weighted by Gasteiger charge is -2.06. The topological polar surface area (TPSA) is 42.2 Å². The second-order valence-electron chi connectivity index (χ2n) is 3.88. The van der Waals surface area contributed by atoms with Gasteiger partial charge in [-0.05, 0) is 18.9 Å². The fourth-order valence-electron chi connectivity index (χ4n) is 2.24. The molecule has 2 rings (SSSR count). The lowest BCUT2D eigenvalue weighted by Crippen LogP contribution is -1.98. The number of nitrogens with zero attached hydrogens (tertiary/aromatic N) is 1. The number of benzene rings is 1. The van der Waals surface area contributed by atoms with Crippen LogP contribution >= 0.6 is 11.6 Å². The highest BCUT2D eigenvalue weighted by molar-refractivity contribution is 6.35. The molecule has 1 aromatic heterocycles. The van der Waals surface area contributed by atoms with Crippen LogP contribution in [0.1, 0.15) is 29.8 Å². The van der Waals surface area contributed by atoms with Gasteiger partial charge in [0.25, 0.3) is 0 Å². The van der Waals surface area contributed by atoms with E-state index in [1.54, 1.807) is 0 Å². The van der Waals surface area contributed by atoms with Gasteiger partial charge >= 0.3 is 5.97 Å². The van der Waals surface area contributed by atoms with Crippen LogP contribution in [0, 0.1) is 0 Å². The fourth-order valence-corrected chi connectivity index (χ4v) is 2.63. The van der Waals surface area contributed by atoms with Gasteiger partial charge in [-0.3, -0.25) is 0 Å². The third-order valence-electron chi connectivity index (χ3n) is 3.01. The number of fused-ring (bicyclic) bond motifs is 1. The van der Waals surface area contributed by atoms with Gasteiger partial charge in [0.15, 0.2) is 0 Å². The Bertz CT molecular complexity index is 587. The molecule has 0 radical (unpaired) electrons. The molecule has 1 aromatic carbocycles. The number of carbonyl (C=O) groups is 1. The maximum absolute atomic E-state index is 11.3. The summed E-state index contributed by atoms with van der Waals surface area (Å²) in [5, 5.41) is 10.3. The molecule has 0 saturated heterocycles. The molecule has 3 nitrogen and oxygen atoms in total. The molecule has 17 heavy (non-hydrogen) atoms. The Morgan fingerprint density at radius 1 is 1.41 bits per heavy atom. The van der Waals surface area contributed by atoms with Gasteiger partial charge in [-0.2, -0.15) is 0 Å². The van der Waals surface area contributed by atoms with Crippen molar-refractivity contribution in [1.29, 1.82) is 0 Å². The minimum absolute atomic E-state index is 0.207. The number of rotatable bonds is 3. The predicted octanol–water partition coefficient (Wildman–Crippen LogP) is 3.58. The summed E-state index contributed by atoms with van der Waals surface area (Å²) >= 11 is 6.16. The van der Waals surface area contributed by atoms with Crippen molar-refractivity contribution in [2.45, 2.75) is 26.8 Å². The average Bonchev–Trinajstić information content (AvgIpc) is 2.60. The van der Waals surface area contributed by atoms with Crippen LogP contribution in [0.15, 0.2) is 18.2 Å². The molecule has 0 atom stereocenters. The Kier molecular flexibility index (Phi) is 3.11. The number of halogens is 1.